The zero-order valence-corrected chi connectivity index (χ0v) is 22.0. The van der Waals surface area contributed by atoms with Gasteiger partial charge in [-0.15, -0.1) is 0 Å². The molecule has 1 atom stereocenters. The fourth-order valence-corrected chi connectivity index (χ4v) is 4.79. The number of carbonyl (C=O) groups is 1. The van der Waals surface area contributed by atoms with E-state index in [9.17, 15) is 33.6 Å². The maximum absolute atomic E-state index is 15.0. The summed E-state index contributed by atoms with van der Waals surface area (Å²) in [5, 5.41) is 36.3. The zero-order chi connectivity index (χ0) is 30.1. The Bertz CT molecular complexity index is 1700. The topological polar surface area (TPSA) is 115 Å². The first-order valence-electron chi connectivity index (χ1n) is 13.0. The summed E-state index contributed by atoms with van der Waals surface area (Å²) in [5.74, 6) is -1.51. The van der Waals surface area contributed by atoms with E-state index in [1.807, 2.05) is 12.1 Å². The normalized spacial score (nSPS) is 14.5. The van der Waals surface area contributed by atoms with Crippen LogP contribution in [0.2, 0.25) is 0 Å². The molecule has 1 saturated carbocycles. The van der Waals surface area contributed by atoms with Crippen LogP contribution in [0, 0.1) is 34.4 Å². The lowest BCUT2D eigenvalue weighted by Gasteiger charge is -2.30. The van der Waals surface area contributed by atoms with Crippen LogP contribution in [0.3, 0.4) is 0 Å². The van der Waals surface area contributed by atoms with Crippen LogP contribution in [-0.4, -0.2) is 20.8 Å². The maximum atomic E-state index is 15.0. The predicted molar refractivity (Wildman–Crippen MR) is 144 cm³/mol. The summed E-state index contributed by atoms with van der Waals surface area (Å²) < 4.78 is 56.5. The van der Waals surface area contributed by atoms with Gasteiger partial charge in [0.25, 0.3) is 5.91 Å². The van der Waals surface area contributed by atoms with Crippen LogP contribution in [0.15, 0.2) is 72.8 Å². The van der Waals surface area contributed by atoms with Crippen LogP contribution in [0.5, 0.6) is 0 Å². The molecule has 1 amide bonds. The van der Waals surface area contributed by atoms with Crippen LogP contribution >= 0.6 is 0 Å². The van der Waals surface area contributed by atoms with E-state index in [-0.39, 0.29) is 22.5 Å². The van der Waals surface area contributed by atoms with Gasteiger partial charge in [-0.05, 0) is 60.2 Å². The third kappa shape index (κ3) is 5.87. The van der Waals surface area contributed by atoms with Gasteiger partial charge in [-0.25, -0.2) is 9.07 Å². The predicted octanol–water partition coefficient (Wildman–Crippen LogP) is 6.45. The monoisotopic (exact) mass is 573 g/mol. The molecule has 0 radical (unpaired) electrons. The number of alkyl halides is 3. The molecule has 11 heteroatoms. The second kappa shape index (κ2) is 11.1. The van der Waals surface area contributed by atoms with E-state index in [1.165, 1.54) is 30.3 Å². The summed E-state index contributed by atoms with van der Waals surface area (Å²) in [6.07, 6.45) is -1.72. The van der Waals surface area contributed by atoms with Gasteiger partial charge in [0.1, 0.15) is 17.1 Å². The molecule has 5 rings (SSSR count). The van der Waals surface area contributed by atoms with E-state index in [4.69, 9.17) is 0 Å². The van der Waals surface area contributed by atoms with Gasteiger partial charge in [-0.2, -0.15) is 28.8 Å². The lowest BCUT2D eigenvalue weighted by Crippen LogP contribution is -2.28. The van der Waals surface area contributed by atoms with Crippen molar-refractivity contribution in [1.82, 2.24) is 9.78 Å². The largest absolute Gasteiger partial charge is 0.435 e. The third-order valence-corrected chi connectivity index (χ3v) is 7.21. The lowest BCUT2D eigenvalue weighted by atomic mass is 9.82. The van der Waals surface area contributed by atoms with Crippen molar-refractivity contribution in [2.45, 2.75) is 37.5 Å². The van der Waals surface area contributed by atoms with E-state index in [0.29, 0.717) is 34.2 Å². The van der Waals surface area contributed by atoms with Crippen molar-refractivity contribution >= 4 is 11.6 Å². The minimum absolute atomic E-state index is 0.0374. The number of rotatable bonds is 8. The van der Waals surface area contributed by atoms with Gasteiger partial charge >= 0.3 is 6.18 Å². The maximum Gasteiger partial charge on any atom is 0.435 e. The molecule has 0 saturated heterocycles. The van der Waals surface area contributed by atoms with E-state index in [2.05, 4.69) is 10.4 Å². The molecule has 212 valence electrons. The molecular weight excluding hydrogens is 550 g/mol. The number of amides is 1. The fourth-order valence-electron chi connectivity index (χ4n) is 4.79. The van der Waals surface area contributed by atoms with E-state index < -0.39 is 34.9 Å². The number of nitrogens with one attached hydrogen (secondary N) is 1. The summed E-state index contributed by atoms with van der Waals surface area (Å²) in [7, 11) is 0. The fraction of sp³-hybridized carbons (Fsp3) is 0.226. The van der Waals surface area contributed by atoms with Crippen molar-refractivity contribution < 1.29 is 27.5 Å². The van der Waals surface area contributed by atoms with Crippen molar-refractivity contribution in [1.29, 1.82) is 10.5 Å². The highest BCUT2D eigenvalue weighted by Gasteiger charge is 2.37. The summed E-state index contributed by atoms with van der Waals surface area (Å²) in [6.45, 7) is 0. The van der Waals surface area contributed by atoms with Crippen molar-refractivity contribution in [3.05, 3.63) is 112 Å². The number of halogens is 4. The molecule has 4 aromatic rings. The molecular formula is C31H23F4N5O2. The molecule has 0 spiro atoms. The molecule has 0 bridgehead atoms. The average molecular weight is 574 g/mol. The van der Waals surface area contributed by atoms with Gasteiger partial charge in [-0.1, -0.05) is 49.2 Å². The molecule has 1 unspecified atom stereocenters. The van der Waals surface area contributed by atoms with Crippen molar-refractivity contribution in [3.8, 4) is 17.8 Å². The first-order chi connectivity index (χ1) is 20.0. The lowest BCUT2D eigenvalue weighted by molar-refractivity contribution is -0.141. The molecule has 7 nitrogen and oxygen atoms in total. The van der Waals surface area contributed by atoms with Gasteiger partial charge in [0, 0.05) is 6.07 Å². The molecule has 42 heavy (non-hydrogen) atoms. The quantitative estimate of drug-likeness (QED) is 0.235. The Kier molecular flexibility index (Phi) is 7.55. The standard InChI is InChI=1S/C31H23F4N5O2/c32-25-9-8-23(30(42,11-10-19-6-7-19)22-4-2-1-3-5-22)15-26(25)38-29(41)27-16-28(31(33,34)35)39-40(27)24-13-20(17-36)12-21(14-24)18-37/h1-5,8-9,12-16,19,42H,6-7,10-11H2,(H,38,41). The molecule has 1 aliphatic rings. The summed E-state index contributed by atoms with van der Waals surface area (Å²) in [6, 6.07) is 20.3. The van der Waals surface area contributed by atoms with Gasteiger partial charge in [-0.3, -0.25) is 4.79 Å². The third-order valence-electron chi connectivity index (χ3n) is 7.21. The highest BCUT2D eigenvalue weighted by Crippen LogP contribution is 2.42. The van der Waals surface area contributed by atoms with Crippen molar-refractivity contribution in [2.24, 2.45) is 5.92 Å². The zero-order valence-electron chi connectivity index (χ0n) is 22.0. The molecule has 2 N–H and O–H groups in total. The molecule has 0 aliphatic heterocycles. The number of hydrogen-bond acceptors (Lipinski definition) is 5. The Morgan fingerprint density at radius 3 is 2.24 bits per heavy atom. The highest BCUT2D eigenvalue weighted by atomic mass is 19.4. The molecule has 3 aromatic carbocycles. The number of hydrogen-bond donors (Lipinski definition) is 2. The number of aromatic nitrogens is 2. The van der Waals surface area contributed by atoms with E-state index in [1.54, 1.807) is 30.3 Å². The Labute approximate surface area is 238 Å². The number of carbonyl (C=O) groups excluding carboxylic acids is 1. The molecule has 1 fully saturated rings. The van der Waals surface area contributed by atoms with Crippen LogP contribution in [0.4, 0.5) is 23.2 Å². The minimum atomic E-state index is -4.93. The second-order valence-electron chi connectivity index (χ2n) is 10.2. The molecule has 1 aromatic heterocycles. The number of nitrogens with zero attached hydrogens (tertiary/aromatic N) is 4. The Balaban J connectivity index is 1.54. The number of benzene rings is 3. The minimum Gasteiger partial charge on any atom is -0.380 e. The van der Waals surface area contributed by atoms with E-state index in [0.717, 1.165) is 25.3 Å². The number of nitriles is 2. The van der Waals surface area contributed by atoms with Crippen LogP contribution in [0.1, 0.15) is 64.1 Å². The molecule has 1 heterocycles. The number of aliphatic hydroxyl groups is 1. The molecule has 1 aliphatic carbocycles. The van der Waals surface area contributed by atoms with E-state index >= 15 is 4.39 Å². The Hall–Kier alpha value is -5.00. The van der Waals surface area contributed by atoms with Gasteiger partial charge in [0.15, 0.2) is 5.69 Å². The van der Waals surface area contributed by atoms with Crippen LogP contribution in [-0.2, 0) is 11.8 Å². The highest BCUT2D eigenvalue weighted by molar-refractivity contribution is 6.03. The van der Waals surface area contributed by atoms with Crippen molar-refractivity contribution in [2.75, 3.05) is 5.32 Å². The summed E-state index contributed by atoms with van der Waals surface area (Å²) in [5.41, 5.74) is -3.21. The first-order valence-corrected chi connectivity index (χ1v) is 13.0. The van der Waals surface area contributed by atoms with Crippen molar-refractivity contribution in [3.63, 3.8) is 0 Å². The number of anilines is 1. The SMILES string of the molecule is N#Cc1cc(C#N)cc(-n2nc(C(F)(F)F)cc2C(=O)Nc2cc(C(O)(CCC3CC3)c3ccccc3)ccc2F)c1. The summed E-state index contributed by atoms with van der Waals surface area (Å²) in [4.78, 5) is 13.4. The van der Waals surface area contributed by atoms with Gasteiger partial charge in [0.05, 0.1) is 34.6 Å². The van der Waals surface area contributed by atoms with Crippen LogP contribution in [0.25, 0.3) is 5.69 Å². The Morgan fingerprint density at radius 1 is 0.976 bits per heavy atom. The summed E-state index contributed by atoms with van der Waals surface area (Å²) >= 11 is 0. The average Bonchev–Trinajstić information content (AvgIpc) is 3.70. The van der Waals surface area contributed by atoms with Crippen LogP contribution < -0.4 is 5.32 Å². The first kappa shape index (κ1) is 28.5. The Morgan fingerprint density at radius 2 is 1.64 bits per heavy atom. The van der Waals surface area contributed by atoms with Gasteiger partial charge in [0.2, 0.25) is 0 Å². The second-order valence-corrected chi connectivity index (χ2v) is 10.2. The smallest absolute Gasteiger partial charge is 0.380 e. The van der Waals surface area contributed by atoms with Gasteiger partial charge < -0.3 is 10.4 Å².